The highest BCUT2D eigenvalue weighted by molar-refractivity contribution is 5.97. The highest BCUT2D eigenvalue weighted by atomic mass is 19.1. The molecule has 0 saturated carbocycles. The number of rotatable bonds is 8. The summed E-state index contributed by atoms with van der Waals surface area (Å²) < 4.78 is 26.5. The van der Waals surface area contributed by atoms with Crippen molar-refractivity contribution < 1.29 is 18.7 Å². The zero-order valence-electron chi connectivity index (χ0n) is 19.2. The van der Waals surface area contributed by atoms with Crippen LogP contribution < -0.4 is 16.2 Å². The lowest BCUT2D eigenvalue weighted by atomic mass is 9.90. The minimum Gasteiger partial charge on any atom is -0.489 e. The number of nitrogens with one attached hydrogen (secondary N) is 2. The zero-order chi connectivity index (χ0) is 24.6. The number of halogens is 1. The number of amides is 1. The van der Waals surface area contributed by atoms with Crippen molar-refractivity contribution in [3.63, 3.8) is 0 Å². The zero-order valence-corrected chi connectivity index (χ0v) is 19.2. The lowest BCUT2D eigenvalue weighted by Crippen LogP contribution is -2.54. The van der Waals surface area contributed by atoms with Crippen molar-refractivity contribution in [3.05, 3.63) is 53.9 Å². The second kappa shape index (κ2) is 11.6. The first-order valence-corrected chi connectivity index (χ1v) is 11.4. The van der Waals surface area contributed by atoms with E-state index in [1.54, 1.807) is 35.2 Å². The molecule has 2 aliphatic rings. The van der Waals surface area contributed by atoms with Crippen LogP contribution in [0.4, 0.5) is 4.39 Å². The fraction of sp³-hybridized carbons (Fsp3) is 0.458. The summed E-state index contributed by atoms with van der Waals surface area (Å²) >= 11 is 0. The number of hydrogen-bond acceptors (Lipinski definition) is 8. The predicted octanol–water partition coefficient (Wildman–Crippen LogP) is 2.12. The van der Waals surface area contributed by atoms with Crippen molar-refractivity contribution in [2.45, 2.75) is 37.5 Å². The van der Waals surface area contributed by atoms with E-state index in [4.69, 9.17) is 31.8 Å². The van der Waals surface area contributed by atoms with Crippen molar-refractivity contribution in [2.24, 2.45) is 11.5 Å². The van der Waals surface area contributed by atoms with E-state index >= 15 is 4.39 Å². The van der Waals surface area contributed by atoms with E-state index < -0.39 is 11.6 Å². The Kier molecular flexibility index (Phi) is 8.64. The maximum absolute atomic E-state index is 15.6. The monoisotopic (exact) mass is 472 g/mol. The van der Waals surface area contributed by atoms with Gasteiger partial charge in [-0.15, -0.1) is 0 Å². The topological polar surface area (TPSA) is 142 Å². The van der Waals surface area contributed by atoms with Gasteiger partial charge >= 0.3 is 0 Å². The Labute approximate surface area is 199 Å². The minimum atomic E-state index is -1.85. The highest BCUT2D eigenvalue weighted by Crippen LogP contribution is 2.31. The minimum absolute atomic E-state index is 0.148. The summed E-state index contributed by atoms with van der Waals surface area (Å²) in [7, 11) is 0. The first kappa shape index (κ1) is 25.2. The van der Waals surface area contributed by atoms with Crippen LogP contribution in [0.1, 0.15) is 31.2 Å². The van der Waals surface area contributed by atoms with Gasteiger partial charge in [-0.25, -0.2) is 4.39 Å². The van der Waals surface area contributed by atoms with E-state index in [0.717, 1.165) is 5.57 Å². The molecule has 2 saturated heterocycles. The first-order valence-electron chi connectivity index (χ1n) is 11.4. The van der Waals surface area contributed by atoms with Crippen LogP contribution in [0.3, 0.4) is 0 Å². The average molecular weight is 473 g/mol. The van der Waals surface area contributed by atoms with Gasteiger partial charge in [-0.3, -0.25) is 20.5 Å². The van der Waals surface area contributed by atoms with E-state index in [-0.39, 0.29) is 24.8 Å². The number of para-hydroxylation sites is 1. The van der Waals surface area contributed by atoms with Gasteiger partial charge in [0.15, 0.2) is 12.1 Å². The molecule has 2 aliphatic heterocycles. The van der Waals surface area contributed by atoms with Crippen LogP contribution in [0.15, 0.2) is 48.3 Å². The van der Waals surface area contributed by atoms with Crippen molar-refractivity contribution >= 4 is 18.2 Å². The number of alkyl halides is 1. The first-order chi connectivity index (χ1) is 16.4. The number of ether oxygens (including phenoxy) is 2. The Morgan fingerprint density at radius 3 is 2.47 bits per heavy atom. The molecule has 0 bridgehead atoms. The Bertz CT molecular complexity index is 934. The molecule has 6 N–H and O–H groups in total. The summed E-state index contributed by atoms with van der Waals surface area (Å²) in [6, 6.07) is 7.00. The number of likely N-dealkylation sites (tertiary alicyclic amines) is 2. The van der Waals surface area contributed by atoms with Crippen LogP contribution in [-0.2, 0) is 9.53 Å². The summed E-state index contributed by atoms with van der Waals surface area (Å²) in [6.07, 6.45) is 6.60. The number of carbonyl (C=O) groups excluding carboxylic acids is 1. The van der Waals surface area contributed by atoms with Gasteiger partial charge in [-0.05, 0) is 36.2 Å². The lowest BCUT2D eigenvalue weighted by molar-refractivity contribution is -0.149. The maximum Gasteiger partial charge on any atom is 0.260 e. The van der Waals surface area contributed by atoms with Crippen LogP contribution >= 0.6 is 0 Å². The van der Waals surface area contributed by atoms with Crippen molar-refractivity contribution in [2.75, 3.05) is 32.7 Å². The molecule has 0 radical (unpaired) electrons. The molecule has 0 aromatic heterocycles. The number of benzene rings is 1. The smallest absolute Gasteiger partial charge is 0.260 e. The number of hydrogen-bond donors (Lipinski definition) is 4. The average Bonchev–Trinajstić information content (AvgIpc) is 2.85. The highest BCUT2D eigenvalue weighted by Gasteiger charge is 2.44. The van der Waals surface area contributed by atoms with Crippen LogP contribution in [-0.4, -0.2) is 72.5 Å². The van der Waals surface area contributed by atoms with Gasteiger partial charge < -0.3 is 25.8 Å². The second-order valence-electron chi connectivity index (χ2n) is 8.51. The molecule has 3 rings (SSSR count). The third-order valence-corrected chi connectivity index (χ3v) is 6.29. The van der Waals surface area contributed by atoms with Gasteiger partial charge in [-0.1, -0.05) is 12.1 Å². The molecule has 10 heteroatoms. The molecule has 0 unspecified atom stereocenters. The normalized spacial score (nSPS) is 19.7. The van der Waals surface area contributed by atoms with Crippen LogP contribution in [0.2, 0.25) is 0 Å². The molecule has 2 fully saturated rings. The number of piperidine rings is 2. The van der Waals surface area contributed by atoms with Gasteiger partial charge in [0, 0.05) is 58.4 Å². The molecule has 0 spiro atoms. The van der Waals surface area contributed by atoms with Crippen molar-refractivity contribution in [1.29, 1.82) is 10.8 Å². The van der Waals surface area contributed by atoms with Crippen molar-refractivity contribution in [3.8, 4) is 5.75 Å². The van der Waals surface area contributed by atoms with Gasteiger partial charge in [0.25, 0.3) is 5.91 Å². The summed E-state index contributed by atoms with van der Waals surface area (Å²) in [5.41, 5.74) is 10.5. The Hall–Kier alpha value is -3.40. The summed E-state index contributed by atoms with van der Waals surface area (Å²) in [5.74, 6) is -0.121. The van der Waals surface area contributed by atoms with Gasteiger partial charge in [-0.2, -0.15) is 0 Å². The molecule has 34 heavy (non-hydrogen) atoms. The molecule has 0 atom stereocenters. The maximum atomic E-state index is 15.6. The van der Waals surface area contributed by atoms with Crippen molar-refractivity contribution in [1.82, 2.24) is 9.80 Å². The molecule has 1 aromatic carbocycles. The largest absolute Gasteiger partial charge is 0.489 e. The molecule has 1 aromatic rings. The van der Waals surface area contributed by atoms with Gasteiger partial charge in [0.2, 0.25) is 5.90 Å². The van der Waals surface area contributed by atoms with E-state index in [1.165, 1.54) is 12.4 Å². The molecule has 184 valence electrons. The quantitative estimate of drug-likeness (QED) is 0.259. The van der Waals surface area contributed by atoms with E-state index in [0.29, 0.717) is 63.3 Å². The van der Waals surface area contributed by atoms with E-state index in [2.05, 4.69) is 4.90 Å². The fourth-order valence-electron chi connectivity index (χ4n) is 4.34. The van der Waals surface area contributed by atoms with E-state index in [1.807, 2.05) is 0 Å². The molecular weight excluding hydrogens is 439 g/mol. The van der Waals surface area contributed by atoms with Gasteiger partial charge in [0.1, 0.15) is 11.9 Å². The molecule has 9 nitrogen and oxygen atoms in total. The van der Waals surface area contributed by atoms with Gasteiger partial charge in [0.05, 0.1) is 5.56 Å². The molecule has 1 amide bonds. The second-order valence-corrected chi connectivity index (χ2v) is 8.51. The summed E-state index contributed by atoms with van der Waals surface area (Å²) in [6.45, 7) is 2.34. The van der Waals surface area contributed by atoms with Crippen LogP contribution in [0.5, 0.6) is 5.75 Å². The SMILES string of the molecule is N=COC(=N)c1ccccc1OC1CCN(C(=O)C2(F)CCN(CC(/C=C\N)=C/N)CC2)CC1. The van der Waals surface area contributed by atoms with E-state index in [9.17, 15) is 4.79 Å². The molecule has 2 heterocycles. The summed E-state index contributed by atoms with van der Waals surface area (Å²) in [4.78, 5) is 16.7. The van der Waals surface area contributed by atoms with Crippen LogP contribution in [0.25, 0.3) is 0 Å². The lowest BCUT2D eigenvalue weighted by Gasteiger charge is -2.40. The number of carbonyl (C=O) groups is 1. The number of nitrogens with zero attached hydrogens (tertiary/aromatic N) is 2. The standard InChI is InChI=1S/C24H33FN6O3/c25-24(8-13-30(14-9-24)16-18(15-27)5-10-26)23(32)31-11-6-19(7-12-31)34-21-4-2-1-3-20(21)22(29)33-17-28/h1-5,10,15,17,19,28-29H,6-9,11-14,16,26-27H2/b10-5-,18-15+,28-17?,29-22?. The van der Waals surface area contributed by atoms with Crippen LogP contribution in [0, 0.1) is 10.8 Å². The molecule has 0 aliphatic carbocycles. The Balaban J connectivity index is 1.51. The predicted molar refractivity (Wildman–Crippen MR) is 128 cm³/mol. The fourth-order valence-corrected chi connectivity index (χ4v) is 4.34. The third kappa shape index (κ3) is 6.13. The third-order valence-electron chi connectivity index (χ3n) is 6.29. The number of nitrogens with two attached hydrogens (primary N) is 2. The Morgan fingerprint density at radius 2 is 1.85 bits per heavy atom. The Morgan fingerprint density at radius 1 is 1.18 bits per heavy atom. The summed E-state index contributed by atoms with van der Waals surface area (Å²) in [5, 5.41) is 14.9. The molecular formula is C24H33FN6O3.